The summed E-state index contributed by atoms with van der Waals surface area (Å²) in [5.74, 6) is 0. The van der Waals surface area contributed by atoms with Crippen LogP contribution in [0.5, 0.6) is 0 Å². The van der Waals surface area contributed by atoms with Crippen LogP contribution in [0.3, 0.4) is 0 Å². The van der Waals surface area contributed by atoms with Crippen molar-refractivity contribution in [2.24, 2.45) is 0 Å². The minimum absolute atomic E-state index is 0.958. The van der Waals surface area contributed by atoms with E-state index < -0.39 is 0 Å². The van der Waals surface area contributed by atoms with E-state index in [1.165, 1.54) is 0 Å². The van der Waals surface area contributed by atoms with Crippen LogP contribution in [-0.2, 0) is 0 Å². The molecule has 0 atom stereocenters. The molecule has 0 aliphatic rings. The van der Waals surface area contributed by atoms with Crippen molar-refractivity contribution in [1.82, 2.24) is 4.98 Å². The zero-order valence-electron chi connectivity index (χ0n) is 12.4. The molecule has 2 N–H and O–H groups in total. The van der Waals surface area contributed by atoms with Gasteiger partial charge in [0.1, 0.15) is 0 Å². The van der Waals surface area contributed by atoms with Gasteiger partial charge in [-0.1, -0.05) is 19.1 Å². The third-order valence-electron chi connectivity index (χ3n) is 2.98. The SMILES string of the molecule is CCCNc1cncc(Nc2ccccc2N(C)C)c1. The first-order valence-corrected chi connectivity index (χ1v) is 6.93. The van der Waals surface area contributed by atoms with E-state index in [-0.39, 0.29) is 0 Å². The lowest BCUT2D eigenvalue weighted by atomic mass is 10.2. The fraction of sp³-hybridized carbons (Fsp3) is 0.312. The lowest BCUT2D eigenvalue weighted by molar-refractivity contribution is 0.977. The van der Waals surface area contributed by atoms with Crippen molar-refractivity contribution in [2.45, 2.75) is 13.3 Å². The topological polar surface area (TPSA) is 40.2 Å². The van der Waals surface area contributed by atoms with Gasteiger partial charge in [-0.2, -0.15) is 0 Å². The summed E-state index contributed by atoms with van der Waals surface area (Å²) in [5.41, 5.74) is 4.26. The number of hydrogen-bond acceptors (Lipinski definition) is 4. The van der Waals surface area contributed by atoms with Gasteiger partial charge in [-0.15, -0.1) is 0 Å². The predicted molar refractivity (Wildman–Crippen MR) is 87.1 cm³/mol. The molecule has 0 aliphatic carbocycles. The molecule has 0 spiro atoms. The molecule has 1 heterocycles. The molecule has 0 unspecified atom stereocenters. The summed E-state index contributed by atoms with van der Waals surface area (Å²) in [4.78, 5) is 6.36. The van der Waals surface area contributed by atoms with E-state index in [2.05, 4.69) is 45.6 Å². The lowest BCUT2D eigenvalue weighted by Crippen LogP contribution is -2.10. The van der Waals surface area contributed by atoms with Crippen LogP contribution >= 0.6 is 0 Å². The van der Waals surface area contributed by atoms with Crippen LogP contribution in [0.1, 0.15) is 13.3 Å². The van der Waals surface area contributed by atoms with Crippen molar-refractivity contribution in [1.29, 1.82) is 0 Å². The van der Waals surface area contributed by atoms with E-state index in [1.54, 1.807) is 0 Å². The van der Waals surface area contributed by atoms with Gasteiger partial charge in [0.05, 0.1) is 35.1 Å². The highest BCUT2D eigenvalue weighted by Gasteiger charge is 2.04. The molecule has 0 saturated carbocycles. The van der Waals surface area contributed by atoms with Crippen LogP contribution in [0.25, 0.3) is 0 Å². The maximum absolute atomic E-state index is 4.27. The predicted octanol–water partition coefficient (Wildman–Crippen LogP) is 3.71. The van der Waals surface area contributed by atoms with Crippen LogP contribution in [0.15, 0.2) is 42.7 Å². The van der Waals surface area contributed by atoms with Gasteiger partial charge in [-0.3, -0.25) is 4.98 Å². The summed E-state index contributed by atoms with van der Waals surface area (Å²) in [6, 6.07) is 10.3. The molecule has 0 radical (unpaired) electrons. The molecule has 2 rings (SSSR count). The largest absolute Gasteiger partial charge is 0.384 e. The summed E-state index contributed by atoms with van der Waals surface area (Å²) < 4.78 is 0. The fourth-order valence-electron chi connectivity index (χ4n) is 2.00. The van der Waals surface area contributed by atoms with E-state index >= 15 is 0 Å². The zero-order valence-corrected chi connectivity index (χ0v) is 12.4. The highest BCUT2D eigenvalue weighted by molar-refractivity contribution is 5.75. The Morgan fingerprint density at radius 2 is 1.85 bits per heavy atom. The maximum atomic E-state index is 4.27. The van der Waals surface area contributed by atoms with Gasteiger partial charge >= 0.3 is 0 Å². The van der Waals surface area contributed by atoms with Gasteiger partial charge in [-0.05, 0) is 24.6 Å². The first-order valence-electron chi connectivity index (χ1n) is 6.93. The molecular weight excluding hydrogens is 248 g/mol. The van der Waals surface area contributed by atoms with Gasteiger partial charge < -0.3 is 15.5 Å². The average molecular weight is 270 g/mol. The van der Waals surface area contributed by atoms with E-state index in [0.29, 0.717) is 0 Å². The molecular formula is C16H22N4. The number of hydrogen-bond donors (Lipinski definition) is 2. The number of benzene rings is 1. The second-order valence-electron chi connectivity index (χ2n) is 4.93. The summed E-state index contributed by atoms with van der Waals surface area (Å²) in [5, 5.41) is 6.77. The molecule has 20 heavy (non-hydrogen) atoms. The number of aromatic nitrogens is 1. The van der Waals surface area contributed by atoms with Gasteiger partial charge in [0.2, 0.25) is 0 Å². The highest BCUT2D eigenvalue weighted by Crippen LogP contribution is 2.27. The Morgan fingerprint density at radius 1 is 1.10 bits per heavy atom. The third-order valence-corrected chi connectivity index (χ3v) is 2.98. The van der Waals surface area contributed by atoms with Crippen LogP contribution < -0.4 is 15.5 Å². The molecule has 1 aromatic carbocycles. The number of para-hydroxylation sites is 2. The van der Waals surface area contributed by atoms with E-state index in [1.807, 2.05) is 38.6 Å². The Bertz CT molecular complexity index is 552. The van der Waals surface area contributed by atoms with Gasteiger partial charge in [-0.25, -0.2) is 0 Å². The number of nitrogens with zero attached hydrogens (tertiary/aromatic N) is 2. The van der Waals surface area contributed by atoms with Crippen molar-refractivity contribution >= 4 is 22.7 Å². The van der Waals surface area contributed by atoms with E-state index in [4.69, 9.17) is 0 Å². The minimum atomic E-state index is 0.958. The quantitative estimate of drug-likeness (QED) is 0.839. The molecule has 0 amide bonds. The van der Waals surface area contributed by atoms with Crippen molar-refractivity contribution in [3.8, 4) is 0 Å². The first-order chi connectivity index (χ1) is 9.70. The lowest BCUT2D eigenvalue weighted by Gasteiger charge is -2.18. The molecule has 106 valence electrons. The summed E-state index contributed by atoms with van der Waals surface area (Å²) in [7, 11) is 4.08. The number of pyridine rings is 1. The fourth-order valence-corrected chi connectivity index (χ4v) is 2.00. The normalized spacial score (nSPS) is 10.2. The second-order valence-corrected chi connectivity index (χ2v) is 4.93. The first kappa shape index (κ1) is 14.2. The second kappa shape index (κ2) is 6.80. The molecule has 0 aliphatic heterocycles. The molecule has 4 heteroatoms. The smallest absolute Gasteiger partial charge is 0.0622 e. The number of rotatable bonds is 6. The maximum Gasteiger partial charge on any atom is 0.0622 e. The molecule has 0 fully saturated rings. The summed E-state index contributed by atoms with van der Waals surface area (Å²) in [6.07, 6.45) is 4.78. The summed E-state index contributed by atoms with van der Waals surface area (Å²) >= 11 is 0. The molecule has 2 aromatic rings. The van der Waals surface area contributed by atoms with Gasteiger partial charge in [0, 0.05) is 20.6 Å². The number of nitrogens with one attached hydrogen (secondary N) is 2. The molecule has 0 bridgehead atoms. The van der Waals surface area contributed by atoms with Gasteiger partial charge in [0.15, 0.2) is 0 Å². The Morgan fingerprint density at radius 3 is 2.60 bits per heavy atom. The van der Waals surface area contributed by atoms with Gasteiger partial charge in [0.25, 0.3) is 0 Å². The van der Waals surface area contributed by atoms with Crippen LogP contribution in [0.2, 0.25) is 0 Å². The zero-order chi connectivity index (χ0) is 14.4. The highest BCUT2D eigenvalue weighted by atomic mass is 15.1. The van der Waals surface area contributed by atoms with Crippen molar-refractivity contribution in [3.63, 3.8) is 0 Å². The minimum Gasteiger partial charge on any atom is -0.384 e. The molecule has 1 aromatic heterocycles. The van der Waals surface area contributed by atoms with Crippen LogP contribution in [0, 0.1) is 0 Å². The standard InChI is InChI=1S/C16H22N4/c1-4-9-18-13-10-14(12-17-11-13)19-15-7-5-6-8-16(15)20(2)3/h5-8,10-12,18-19H,4,9H2,1-3H3. The van der Waals surface area contributed by atoms with E-state index in [9.17, 15) is 0 Å². The Balaban J connectivity index is 2.17. The molecule has 0 saturated heterocycles. The monoisotopic (exact) mass is 270 g/mol. The van der Waals surface area contributed by atoms with E-state index in [0.717, 1.165) is 35.7 Å². The van der Waals surface area contributed by atoms with Crippen molar-refractivity contribution in [3.05, 3.63) is 42.7 Å². The van der Waals surface area contributed by atoms with Crippen LogP contribution in [-0.4, -0.2) is 25.6 Å². The summed E-state index contributed by atoms with van der Waals surface area (Å²) in [6.45, 7) is 3.11. The Labute approximate surface area is 120 Å². The Kier molecular flexibility index (Phi) is 4.82. The molecule has 4 nitrogen and oxygen atoms in total. The average Bonchev–Trinajstić information content (AvgIpc) is 2.46. The Hall–Kier alpha value is -2.23. The number of anilines is 4. The van der Waals surface area contributed by atoms with Crippen LogP contribution in [0.4, 0.5) is 22.7 Å². The third kappa shape index (κ3) is 3.63. The van der Waals surface area contributed by atoms with Crippen molar-refractivity contribution in [2.75, 3.05) is 36.2 Å². The van der Waals surface area contributed by atoms with Crippen molar-refractivity contribution < 1.29 is 0 Å².